The van der Waals surface area contributed by atoms with E-state index in [1.165, 1.54) is 31.4 Å². The van der Waals surface area contributed by atoms with Gasteiger partial charge in [-0.3, -0.25) is 0 Å². The van der Waals surface area contributed by atoms with Gasteiger partial charge in [-0.2, -0.15) is 4.39 Å². The van der Waals surface area contributed by atoms with Gasteiger partial charge in [-0.15, -0.1) is 0 Å². The number of unbranched alkanes of at least 4 members (excludes halogenated alkanes) is 1. The zero-order valence-corrected chi connectivity index (χ0v) is 16.5. The molecule has 4 atom stereocenters. The lowest BCUT2D eigenvalue weighted by Gasteiger charge is -2.22. The highest BCUT2D eigenvalue weighted by Crippen LogP contribution is 2.56. The fourth-order valence-electron chi connectivity index (χ4n) is 5.74. The maximum Gasteiger partial charge on any atom is 0.200 e. The first kappa shape index (κ1) is 20.2. The quantitative estimate of drug-likeness (QED) is 0.516. The summed E-state index contributed by atoms with van der Waals surface area (Å²) in [5, 5.41) is 9.26. The summed E-state index contributed by atoms with van der Waals surface area (Å²) in [6.45, 7) is 2.19. The molecule has 0 radical (unpaired) electrons. The fourth-order valence-corrected chi connectivity index (χ4v) is 5.74. The lowest BCUT2D eigenvalue weighted by Crippen LogP contribution is -2.13. The average molecular weight is 406 g/mol. The Bertz CT molecular complexity index is 910. The van der Waals surface area contributed by atoms with Gasteiger partial charge in [-0.1, -0.05) is 38.3 Å². The summed E-state index contributed by atoms with van der Waals surface area (Å²) < 4.78 is 57.7. The number of hydrogen-bond donors (Lipinski definition) is 1. The van der Waals surface area contributed by atoms with Crippen molar-refractivity contribution >= 4 is 0 Å². The molecule has 5 heteroatoms. The molecule has 1 N–H and O–H groups in total. The van der Waals surface area contributed by atoms with Crippen LogP contribution in [0, 0.1) is 41.0 Å². The van der Waals surface area contributed by atoms with E-state index >= 15 is 4.39 Å². The van der Waals surface area contributed by atoms with Gasteiger partial charge in [0.1, 0.15) is 0 Å². The van der Waals surface area contributed by atoms with Crippen molar-refractivity contribution in [2.45, 2.75) is 57.8 Å². The zero-order valence-electron chi connectivity index (χ0n) is 16.5. The fraction of sp³-hybridized carbons (Fsp3) is 0.500. The summed E-state index contributed by atoms with van der Waals surface area (Å²) in [6, 6.07) is 4.87. The van der Waals surface area contributed by atoms with Gasteiger partial charge in [0.2, 0.25) is 5.82 Å². The summed E-state index contributed by atoms with van der Waals surface area (Å²) in [6.07, 6.45) is 7.69. The van der Waals surface area contributed by atoms with E-state index in [-0.39, 0.29) is 11.5 Å². The number of hydrogen-bond acceptors (Lipinski definition) is 1. The van der Waals surface area contributed by atoms with Crippen molar-refractivity contribution in [1.29, 1.82) is 0 Å². The molecule has 0 aliphatic heterocycles. The van der Waals surface area contributed by atoms with Crippen molar-refractivity contribution in [3.8, 4) is 16.9 Å². The van der Waals surface area contributed by atoms with E-state index in [0.717, 1.165) is 37.8 Å². The van der Waals surface area contributed by atoms with Crippen LogP contribution in [0.4, 0.5) is 17.6 Å². The molecule has 2 saturated carbocycles. The highest BCUT2D eigenvalue weighted by molar-refractivity contribution is 5.66. The molecule has 0 amide bonds. The summed E-state index contributed by atoms with van der Waals surface area (Å²) in [4.78, 5) is 0. The molecule has 2 aliphatic rings. The second-order valence-corrected chi connectivity index (χ2v) is 8.58. The summed E-state index contributed by atoms with van der Waals surface area (Å²) in [7, 11) is 0. The molecular weight excluding hydrogens is 380 g/mol. The van der Waals surface area contributed by atoms with Crippen LogP contribution in [0.3, 0.4) is 0 Å². The number of phenols is 1. The van der Waals surface area contributed by atoms with Crippen LogP contribution in [0.15, 0.2) is 24.3 Å². The van der Waals surface area contributed by atoms with Gasteiger partial charge in [-0.05, 0) is 67.1 Å². The Hall–Kier alpha value is -2.04. The van der Waals surface area contributed by atoms with E-state index in [0.29, 0.717) is 23.3 Å². The SMILES string of the molecule is CCCCC1CCC2C(c3ccc(-c4ccc(O)c(F)c4F)c(F)c3F)CCC12. The molecule has 29 heavy (non-hydrogen) atoms. The van der Waals surface area contributed by atoms with Crippen LogP contribution >= 0.6 is 0 Å². The number of fused-ring (bicyclic) bond motifs is 1. The number of benzene rings is 2. The zero-order chi connectivity index (χ0) is 20.7. The second-order valence-electron chi connectivity index (χ2n) is 8.58. The van der Waals surface area contributed by atoms with Gasteiger partial charge >= 0.3 is 0 Å². The Morgan fingerprint density at radius 3 is 2.17 bits per heavy atom. The van der Waals surface area contributed by atoms with E-state index in [1.54, 1.807) is 0 Å². The predicted octanol–water partition coefficient (Wildman–Crippen LogP) is 7.33. The molecule has 0 saturated heterocycles. The Morgan fingerprint density at radius 1 is 0.793 bits per heavy atom. The first-order valence-corrected chi connectivity index (χ1v) is 10.6. The Labute approximate surface area is 168 Å². The molecule has 0 heterocycles. The van der Waals surface area contributed by atoms with Crippen molar-refractivity contribution < 1.29 is 22.7 Å². The smallest absolute Gasteiger partial charge is 0.200 e. The normalized spacial score (nSPS) is 26.1. The third-order valence-electron chi connectivity index (χ3n) is 7.15. The number of aromatic hydroxyl groups is 1. The molecule has 4 unspecified atom stereocenters. The molecule has 1 nitrogen and oxygen atoms in total. The standard InChI is InChI=1S/C24H26F4O/c1-2-3-4-13-5-6-15-14(13)7-8-16(15)17-9-10-18(22(26)21(17)25)19-11-12-20(29)24(28)23(19)27/h9-16,29H,2-8H2,1H3. The summed E-state index contributed by atoms with van der Waals surface area (Å²) >= 11 is 0. The van der Waals surface area contributed by atoms with Crippen LogP contribution in [0.25, 0.3) is 11.1 Å². The minimum absolute atomic E-state index is 0.0171. The van der Waals surface area contributed by atoms with Gasteiger partial charge in [0.05, 0.1) is 0 Å². The molecule has 2 fully saturated rings. The van der Waals surface area contributed by atoms with Gasteiger partial charge in [0.25, 0.3) is 0 Å². The topological polar surface area (TPSA) is 20.2 Å². The van der Waals surface area contributed by atoms with Crippen LogP contribution in [0.2, 0.25) is 0 Å². The van der Waals surface area contributed by atoms with Crippen molar-refractivity contribution in [2.75, 3.05) is 0 Å². The van der Waals surface area contributed by atoms with Crippen molar-refractivity contribution in [3.05, 3.63) is 53.1 Å². The van der Waals surface area contributed by atoms with Gasteiger partial charge in [-0.25, -0.2) is 13.2 Å². The molecular formula is C24H26F4O. The highest BCUT2D eigenvalue weighted by atomic mass is 19.2. The Balaban J connectivity index is 1.63. The first-order valence-electron chi connectivity index (χ1n) is 10.6. The van der Waals surface area contributed by atoms with E-state index < -0.39 is 34.6 Å². The van der Waals surface area contributed by atoms with Crippen LogP contribution in [-0.4, -0.2) is 5.11 Å². The Kier molecular flexibility index (Phi) is 5.58. The number of halogens is 4. The van der Waals surface area contributed by atoms with E-state index in [4.69, 9.17) is 0 Å². The van der Waals surface area contributed by atoms with Crippen LogP contribution < -0.4 is 0 Å². The summed E-state index contributed by atoms with van der Waals surface area (Å²) in [5.74, 6) is -4.20. The third-order valence-corrected chi connectivity index (χ3v) is 7.15. The summed E-state index contributed by atoms with van der Waals surface area (Å²) in [5.41, 5.74) is -0.368. The van der Waals surface area contributed by atoms with E-state index in [9.17, 15) is 18.3 Å². The van der Waals surface area contributed by atoms with Crippen molar-refractivity contribution in [1.82, 2.24) is 0 Å². The maximum absolute atomic E-state index is 15.0. The van der Waals surface area contributed by atoms with Crippen LogP contribution in [0.5, 0.6) is 5.75 Å². The Morgan fingerprint density at radius 2 is 1.45 bits per heavy atom. The molecule has 156 valence electrons. The molecule has 0 spiro atoms. The molecule has 4 rings (SSSR count). The molecule has 2 aliphatic carbocycles. The van der Waals surface area contributed by atoms with Gasteiger partial charge < -0.3 is 5.11 Å². The maximum atomic E-state index is 15.0. The van der Waals surface area contributed by atoms with Crippen LogP contribution in [-0.2, 0) is 0 Å². The van der Waals surface area contributed by atoms with Crippen molar-refractivity contribution in [3.63, 3.8) is 0 Å². The largest absolute Gasteiger partial charge is 0.505 e. The first-order chi connectivity index (χ1) is 13.9. The number of phenolic OH excluding ortho intramolecular Hbond substituents is 1. The van der Waals surface area contributed by atoms with E-state index in [1.807, 2.05) is 0 Å². The minimum Gasteiger partial charge on any atom is -0.505 e. The average Bonchev–Trinajstić information content (AvgIpc) is 3.30. The molecule has 0 bridgehead atoms. The molecule has 0 aromatic heterocycles. The molecule has 2 aromatic carbocycles. The van der Waals surface area contributed by atoms with Crippen LogP contribution in [0.1, 0.15) is 63.4 Å². The molecule has 2 aromatic rings. The monoisotopic (exact) mass is 406 g/mol. The lowest BCUT2D eigenvalue weighted by atomic mass is 9.83. The van der Waals surface area contributed by atoms with Gasteiger partial charge in [0, 0.05) is 11.1 Å². The highest BCUT2D eigenvalue weighted by Gasteiger charge is 2.45. The lowest BCUT2D eigenvalue weighted by molar-refractivity contribution is 0.318. The number of rotatable bonds is 5. The van der Waals surface area contributed by atoms with E-state index in [2.05, 4.69) is 6.92 Å². The van der Waals surface area contributed by atoms with Gasteiger partial charge in [0.15, 0.2) is 23.2 Å². The van der Waals surface area contributed by atoms with Crippen molar-refractivity contribution in [2.24, 2.45) is 17.8 Å². The minimum atomic E-state index is -1.46. The predicted molar refractivity (Wildman–Crippen MR) is 105 cm³/mol. The third kappa shape index (κ3) is 3.43. The second kappa shape index (κ2) is 8.00.